The first-order chi connectivity index (χ1) is 18.1. The molecule has 0 aliphatic carbocycles. The first-order valence-corrected chi connectivity index (χ1v) is 12.5. The number of pyridine rings is 1. The zero-order valence-corrected chi connectivity index (χ0v) is 20.9. The fourth-order valence-electron chi connectivity index (χ4n) is 5.02. The van der Waals surface area contributed by atoms with E-state index in [-0.39, 0.29) is 11.8 Å². The molecule has 0 radical (unpaired) electrons. The molecule has 0 saturated carbocycles. The summed E-state index contributed by atoms with van der Waals surface area (Å²) in [7, 11) is 1.64. The number of piperidine rings is 1. The van der Waals surface area contributed by atoms with E-state index in [1.165, 1.54) is 5.56 Å². The maximum Gasteiger partial charge on any atom is 0.257 e. The van der Waals surface area contributed by atoms with E-state index in [1.807, 2.05) is 88.4 Å². The van der Waals surface area contributed by atoms with E-state index in [2.05, 4.69) is 17.1 Å². The van der Waals surface area contributed by atoms with Gasteiger partial charge in [-0.25, -0.2) is 4.68 Å². The average molecular weight is 493 g/mol. The van der Waals surface area contributed by atoms with Gasteiger partial charge in [0.1, 0.15) is 17.3 Å². The van der Waals surface area contributed by atoms with Crippen molar-refractivity contribution in [1.29, 1.82) is 0 Å². The molecule has 1 aliphatic rings. The molecule has 0 bridgehead atoms. The number of benzene rings is 2. The molecule has 1 fully saturated rings. The Morgan fingerprint density at radius 1 is 1.03 bits per heavy atom. The minimum atomic E-state index is -0.0327. The number of hydrogen-bond acceptors (Lipinski definition) is 5. The molecule has 8 heteroatoms. The number of ether oxygens (including phenoxy) is 1. The number of methoxy groups -OCH3 is 1. The highest BCUT2D eigenvalue weighted by atomic mass is 16.5. The van der Waals surface area contributed by atoms with Crippen LogP contribution >= 0.6 is 0 Å². The van der Waals surface area contributed by atoms with Crippen LogP contribution in [0.2, 0.25) is 0 Å². The van der Waals surface area contributed by atoms with E-state index in [9.17, 15) is 4.79 Å². The molecule has 37 heavy (non-hydrogen) atoms. The highest BCUT2D eigenvalue weighted by Gasteiger charge is 2.31. The van der Waals surface area contributed by atoms with Crippen molar-refractivity contribution in [2.45, 2.75) is 25.7 Å². The molecule has 1 aliphatic heterocycles. The molecule has 0 N–H and O–H groups in total. The minimum Gasteiger partial charge on any atom is -0.497 e. The van der Waals surface area contributed by atoms with Gasteiger partial charge in [0.25, 0.3) is 5.91 Å². The first kappa shape index (κ1) is 23.0. The van der Waals surface area contributed by atoms with Crippen LogP contribution in [0.3, 0.4) is 0 Å². The summed E-state index contributed by atoms with van der Waals surface area (Å²) in [5.41, 5.74) is 4.94. The molecule has 4 heterocycles. The summed E-state index contributed by atoms with van der Waals surface area (Å²) >= 11 is 0. The van der Waals surface area contributed by atoms with Crippen LogP contribution in [0.5, 0.6) is 5.75 Å². The quantitative estimate of drug-likeness (QED) is 0.348. The smallest absolute Gasteiger partial charge is 0.257 e. The molecule has 5 aromatic rings. The standard InChI is InChI=1S/C29H28N6O2/c1-20-11-13-23(14-12-20)35-19-25(27(32-35)21-7-5-9-24(17-21)37-2)29(36)33-15-6-8-22(18-33)28-31-30-26-10-3-4-16-34(26)28/h3-5,7,9-14,16-17,19,22H,6,8,15,18H2,1-2H3. The molecule has 8 nitrogen and oxygen atoms in total. The maximum atomic E-state index is 14.0. The highest BCUT2D eigenvalue weighted by Crippen LogP contribution is 2.31. The number of hydrogen-bond donors (Lipinski definition) is 0. The number of aromatic nitrogens is 5. The van der Waals surface area contributed by atoms with Crippen LogP contribution < -0.4 is 4.74 Å². The maximum absolute atomic E-state index is 14.0. The van der Waals surface area contributed by atoms with Crippen molar-refractivity contribution in [3.05, 3.63) is 96.1 Å². The van der Waals surface area contributed by atoms with Gasteiger partial charge < -0.3 is 9.64 Å². The van der Waals surface area contributed by atoms with E-state index < -0.39 is 0 Å². The molecule has 6 rings (SSSR count). The second-order valence-electron chi connectivity index (χ2n) is 9.48. The molecule has 1 atom stereocenters. The topological polar surface area (TPSA) is 77.6 Å². The van der Waals surface area contributed by atoms with E-state index in [0.717, 1.165) is 41.3 Å². The lowest BCUT2D eigenvalue weighted by atomic mass is 9.96. The molecule has 186 valence electrons. The van der Waals surface area contributed by atoms with Crippen LogP contribution in [0.25, 0.3) is 22.6 Å². The van der Waals surface area contributed by atoms with Gasteiger partial charge in [0.15, 0.2) is 5.65 Å². The lowest BCUT2D eigenvalue weighted by molar-refractivity contribution is 0.0705. The molecule has 2 aromatic carbocycles. The number of rotatable bonds is 5. The molecular weight excluding hydrogens is 464 g/mol. The van der Waals surface area contributed by atoms with Gasteiger partial charge in [0, 0.05) is 37.0 Å². The highest BCUT2D eigenvalue weighted by molar-refractivity contribution is 6.00. The Labute approximate surface area is 215 Å². The number of carbonyl (C=O) groups is 1. The van der Waals surface area contributed by atoms with Crippen LogP contribution in [0, 0.1) is 6.92 Å². The third-order valence-corrected chi connectivity index (χ3v) is 7.00. The largest absolute Gasteiger partial charge is 0.497 e. The van der Waals surface area contributed by atoms with Gasteiger partial charge in [-0.05, 0) is 56.2 Å². The van der Waals surface area contributed by atoms with Gasteiger partial charge in [0.2, 0.25) is 0 Å². The van der Waals surface area contributed by atoms with E-state index >= 15 is 0 Å². The van der Waals surface area contributed by atoms with Crippen LogP contribution in [0.4, 0.5) is 0 Å². The van der Waals surface area contributed by atoms with Crippen LogP contribution in [-0.4, -0.2) is 55.4 Å². The summed E-state index contributed by atoms with van der Waals surface area (Å²) in [5.74, 6) is 1.70. The summed E-state index contributed by atoms with van der Waals surface area (Å²) in [6.07, 6.45) is 5.69. The molecule has 1 unspecified atom stereocenters. The van der Waals surface area contributed by atoms with Crippen molar-refractivity contribution in [2.75, 3.05) is 20.2 Å². The Balaban J connectivity index is 1.36. The van der Waals surface area contributed by atoms with Crippen LogP contribution in [0.1, 0.15) is 40.5 Å². The summed E-state index contributed by atoms with van der Waals surface area (Å²) < 4.78 is 9.25. The van der Waals surface area contributed by atoms with Gasteiger partial charge in [-0.3, -0.25) is 9.20 Å². The monoisotopic (exact) mass is 492 g/mol. The van der Waals surface area contributed by atoms with Crippen molar-refractivity contribution < 1.29 is 9.53 Å². The van der Waals surface area contributed by atoms with Crippen LogP contribution in [0.15, 0.2) is 79.1 Å². The number of carbonyl (C=O) groups excluding carboxylic acids is 1. The molecule has 0 spiro atoms. The van der Waals surface area contributed by atoms with Crippen molar-refractivity contribution in [3.63, 3.8) is 0 Å². The Kier molecular flexibility index (Phi) is 5.92. The van der Waals surface area contributed by atoms with Crippen molar-refractivity contribution in [3.8, 4) is 22.7 Å². The number of likely N-dealkylation sites (tertiary alicyclic amines) is 1. The van der Waals surface area contributed by atoms with Gasteiger partial charge in [-0.15, -0.1) is 10.2 Å². The van der Waals surface area contributed by atoms with Crippen LogP contribution in [-0.2, 0) is 0 Å². The molecule has 1 amide bonds. The number of aryl methyl sites for hydroxylation is 1. The number of nitrogens with zero attached hydrogens (tertiary/aromatic N) is 6. The molecule has 1 saturated heterocycles. The van der Waals surface area contributed by atoms with Crippen molar-refractivity contribution in [2.24, 2.45) is 0 Å². The normalized spacial score (nSPS) is 15.7. The second-order valence-corrected chi connectivity index (χ2v) is 9.48. The predicted molar refractivity (Wildman–Crippen MR) is 141 cm³/mol. The second kappa shape index (κ2) is 9.54. The third-order valence-electron chi connectivity index (χ3n) is 7.00. The van der Waals surface area contributed by atoms with Gasteiger partial charge >= 0.3 is 0 Å². The van der Waals surface area contributed by atoms with E-state index in [0.29, 0.717) is 24.3 Å². The Hall–Kier alpha value is -4.46. The average Bonchev–Trinajstić information content (AvgIpc) is 3.58. The van der Waals surface area contributed by atoms with Crippen molar-refractivity contribution in [1.82, 2.24) is 29.3 Å². The fourth-order valence-corrected chi connectivity index (χ4v) is 5.02. The predicted octanol–water partition coefficient (Wildman–Crippen LogP) is 4.92. The Morgan fingerprint density at radius 3 is 2.73 bits per heavy atom. The SMILES string of the molecule is COc1cccc(-c2nn(-c3ccc(C)cc3)cc2C(=O)N2CCCC(c3nnc4ccccn34)C2)c1. The lowest BCUT2D eigenvalue weighted by Crippen LogP contribution is -2.39. The number of fused-ring (bicyclic) bond motifs is 1. The van der Waals surface area contributed by atoms with Gasteiger partial charge in [-0.1, -0.05) is 35.9 Å². The minimum absolute atomic E-state index is 0.0327. The van der Waals surface area contributed by atoms with Gasteiger partial charge in [0.05, 0.1) is 18.4 Å². The summed E-state index contributed by atoms with van der Waals surface area (Å²) in [6.45, 7) is 3.33. The summed E-state index contributed by atoms with van der Waals surface area (Å²) in [6, 6.07) is 21.7. The van der Waals surface area contributed by atoms with Crippen molar-refractivity contribution >= 4 is 11.6 Å². The Morgan fingerprint density at radius 2 is 1.89 bits per heavy atom. The van der Waals surface area contributed by atoms with E-state index in [4.69, 9.17) is 9.84 Å². The molecule has 3 aromatic heterocycles. The summed E-state index contributed by atoms with van der Waals surface area (Å²) in [5, 5.41) is 13.7. The Bertz CT molecular complexity index is 1570. The zero-order chi connectivity index (χ0) is 25.4. The fraction of sp³-hybridized carbons (Fsp3) is 0.241. The number of amides is 1. The lowest BCUT2D eigenvalue weighted by Gasteiger charge is -2.32. The third kappa shape index (κ3) is 4.35. The first-order valence-electron chi connectivity index (χ1n) is 12.5. The van der Waals surface area contributed by atoms with Gasteiger partial charge in [-0.2, -0.15) is 5.10 Å². The zero-order valence-electron chi connectivity index (χ0n) is 20.9. The summed E-state index contributed by atoms with van der Waals surface area (Å²) in [4.78, 5) is 16.0. The van der Waals surface area contributed by atoms with E-state index in [1.54, 1.807) is 11.8 Å². The molecular formula is C29H28N6O2.